The number of benzene rings is 1. The predicted octanol–water partition coefficient (Wildman–Crippen LogP) is 2.71. The number of para-hydroxylation sites is 1. The Morgan fingerprint density at radius 2 is 1.95 bits per heavy atom. The zero-order valence-electron chi connectivity index (χ0n) is 10.2. The second-order valence-electron chi connectivity index (χ2n) is 3.88. The van der Waals surface area contributed by atoms with Gasteiger partial charge in [0.15, 0.2) is 0 Å². The molecule has 0 bridgehead atoms. The van der Waals surface area contributed by atoms with Gasteiger partial charge in [-0.05, 0) is 12.1 Å². The molecule has 0 radical (unpaired) electrons. The van der Waals surface area contributed by atoms with Crippen LogP contribution < -0.4 is 5.32 Å². The summed E-state index contributed by atoms with van der Waals surface area (Å²) in [6.45, 7) is 0. The highest BCUT2D eigenvalue weighted by atomic mass is 19.1. The van der Waals surface area contributed by atoms with Crippen LogP contribution in [-0.2, 0) is 0 Å². The van der Waals surface area contributed by atoms with Crippen LogP contribution in [0.15, 0.2) is 30.5 Å². The summed E-state index contributed by atoms with van der Waals surface area (Å²) in [7, 11) is 0. The zero-order valence-corrected chi connectivity index (χ0v) is 10.2. The van der Waals surface area contributed by atoms with Crippen LogP contribution in [0.4, 0.5) is 26.0 Å². The van der Waals surface area contributed by atoms with E-state index in [9.17, 15) is 23.7 Å². The third kappa shape index (κ3) is 2.91. The smallest absolute Gasteiger partial charge is 0.337 e. The molecule has 7 nitrogen and oxygen atoms in total. The minimum absolute atomic E-state index is 0.416. The van der Waals surface area contributed by atoms with Crippen LogP contribution in [0.2, 0.25) is 0 Å². The summed E-state index contributed by atoms with van der Waals surface area (Å²) in [5.41, 5.74) is -1.74. The molecule has 1 aromatic carbocycles. The number of anilines is 2. The number of pyridine rings is 1. The summed E-state index contributed by atoms with van der Waals surface area (Å²) in [5, 5.41) is 21.8. The number of carboxylic acids is 1. The first kappa shape index (κ1) is 14.3. The third-order valence-corrected chi connectivity index (χ3v) is 2.52. The summed E-state index contributed by atoms with van der Waals surface area (Å²) in [6, 6.07) is 3.80. The highest BCUT2D eigenvalue weighted by Crippen LogP contribution is 2.28. The van der Waals surface area contributed by atoms with Gasteiger partial charge in [0.2, 0.25) is 5.82 Å². The Morgan fingerprint density at radius 1 is 1.33 bits per heavy atom. The van der Waals surface area contributed by atoms with E-state index in [4.69, 9.17) is 5.11 Å². The van der Waals surface area contributed by atoms with Gasteiger partial charge in [-0.3, -0.25) is 10.1 Å². The molecular weight excluding hydrogens is 288 g/mol. The van der Waals surface area contributed by atoms with Crippen LogP contribution in [0.5, 0.6) is 0 Å². The van der Waals surface area contributed by atoms with Gasteiger partial charge in [-0.1, -0.05) is 6.07 Å². The molecule has 0 saturated heterocycles. The lowest BCUT2D eigenvalue weighted by atomic mass is 10.2. The van der Waals surface area contributed by atoms with E-state index in [2.05, 4.69) is 10.3 Å². The highest BCUT2D eigenvalue weighted by Gasteiger charge is 2.21. The number of aromatic nitrogens is 1. The molecule has 2 aromatic rings. The summed E-state index contributed by atoms with van der Waals surface area (Å²) < 4.78 is 27.0. The lowest BCUT2D eigenvalue weighted by molar-refractivity contribution is -0.384. The number of aromatic carboxylic acids is 1. The van der Waals surface area contributed by atoms with E-state index >= 15 is 0 Å². The fraction of sp³-hybridized carbons (Fsp3) is 0. The number of nitrogens with zero attached hydrogens (tertiary/aromatic N) is 2. The van der Waals surface area contributed by atoms with Crippen molar-refractivity contribution in [2.75, 3.05) is 5.32 Å². The molecule has 21 heavy (non-hydrogen) atoms. The number of nitrogens with one attached hydrogen (secondary N) is 1. The first-order chi connectivity index (χ1) is 9.90. The van der Waals surface area contributed by atoms with E-state index < -0.39 is 45.3 Å². The van der Waals surface area contributed by atoms with Gasteiger partial charge in [0.1, 0.15) is 17.3 Å². The number of hydrogen-bond donors (Lipinski definition) is 2. The average molecular weight is 295 g/mol. The maximum atomic E-state index is 13.5. The largest absolute Gasteiger partial charge is 0.478 e. The second-order valence-corrected chi connectivity index (χ2v) is 3.88. The number of nitro groups is 1. The number of rotatable bonds is 4. The average Bonchev–Trinajstić information content (AvgIpc) is 2.42. The van der Waals surface area contributed by atoms with Crippen LogP contribution in [-0.4, -0.2) is 21.0 Å². The van der Waals surface area contributed by atoms with Crippen molar-refractivity contribution < 1.29 is 23.6 Å². The molecule has 0 aliphatic rings. The Morgan fingerprint density at radius 3 is 2.48 bits per heavy atom. The molecule has 0 aliphatic carbocycles. The molecular formula is C12H7F2N3O4. The quantitative estimate of drug-likeness (QED) is 0.663. The SMILES string of the molecule is O=C(O)c1cnc(Nc2c(F)cccc2F)c([N+](=O)[O-])c1. The standard InChI is InChI=1S/C12H7F2N3O4/c13-7-2-1-3-8(14)10(7)16-11-9(17(20)21)4-6(5-15-11)12(18)19/h1-5H,(H,15,16)(H,18,19). The van der Waals surface area contributed by atoms with E-state index in [1.807, 2.05) is 0 Å². The normalized spacial score (nSPS) is 10.2. The Bertz CT molecular complexity index is 716. The lowest BCUT2D eigenvalue weighted by Gasteiger charge is -2.08. The van der Waals surface area contributed by atoms with Crippen LogP contribution >= 0.6 is 0 Å². The monoisotopic (exact) mass is 295 g/mol. The molecule has 1 aromatic heterocycles. The van der Waals surface area contributed by atoms with Gasteiger partial charge < -0.3 is 10.4 Å². The van der Waals surface area contributed by atoms with Crippen LogP contribution in [0.1, 0.15) is 10.4 Å². The molecule has 0 spiro atoms. The highest BCUT2D eigenvalue weighted by molar-refractivity contribution is 5.89. The second kappa shape index (κ2) is 5.49. The first-order valence-electron chi connectivity index (χ1n) is 5.49. The van der Waals surface area contributed by atoms with Gasteiger partial charge in [0.05, 0.1) is 10.5 Å². The summed E-state index contributed by atoms with van der Waals surface area (Å²) in [5.74, 6) is -3.80. The number of carbonyl (C=O) groups is 1. The molecule has 0 fully saturated rings. The van der Waals surface area contributed by atoms with Gasteiger partial charge in [0, 0.05) is 12.3 Å². The van der Waals surface area contributed by atoms with Crippen molar-refractivity contribution in [1.82, 2.24) is 4.98 Å². The van der Waals surface area contributed by atoms with Crippen LogP contribution in [0.25, 0.3) is 0 Å². The van der Waals surface area contributed by atoms with Crippen LogP contribution in [0, 0.1) is 21.7 Å². The van der Waals surface area contributed by atoms with Crippen molar-refractivity contribution in [3.05, 3.63) is 57.8 Å². The Hall–Kier alpha value is -3.10. The fourth-order valence-electron chi connectivity index (χ4n) is 1.54. The molecule has 9 heteroatoms. The fourth-order valence-corrected chi connectivity index (χ4v) is 1.54. The molecule has 2 rings (SSSR count). The molecule has 108 valence electrons. The van der Waals surface area contributed by atoms with Gasteiger partial charge in [-0.25, -0.2) is 18.6 Å². The van der Waals surface area contributed by atoms with Crippen molar-refractivity contribution in [2.45, 2.75) is 0 Å². The summed E-state index contributed by atoms with van der Waals surface area (Å²) in [4.78, 5) is 24.3. The molecule has 0 unspecified atom stereocenters. The first-order valence-corrected chi connectivity index (χ1v) is 5.49. The van der Waals surface area contributed by atoms with E-state index in [0.717, 1.165) is 30.5 Å². The third-order valence-electron chi connectivity index (χ3n) is 2.52. The zero-order chi connectivity index (χ0) is 15.6. The topological polar surface area (TPSA) is 105 Å². The minimum atomic E-state index is -1.41. The number of hydrogen-bond acceptors (Lipinski definition) is 5. The van der Waals surface area contributed by atoms with Crippen molar-refractivity contribution >= 4 is 23.2 Å². The lowest BCUT2D eigenvalue weighted by Crippen LogP contribution is -2.06. The number of halogens is 2. The molecule has 1 heterocycles. The van der Waals surface area contributed by atoms with Crippen molar-refractivity contribution in [3.8, 4) is 0 Å². The van der Waals surface area contributed by atoms with Gasteiger partial charge in [0.25, 0.3) is 0 Å². The van der Waals surface area contributed by atoms with E-state index in [1.165, 1.54) is 0 Å². The number of carboxylic acid groups (broad SMARTS) is 1. The van der Waals surface area contributed by atoms with Crippen molar-refractivity contribution in [2.24, 2.45) is 0 Å². The van der Waals surface area contributed by atoms with Gasteiger partial charge in [-0.2, -0.15) is 0 Å². The van der Waals surface area contributed by atoms with E-state index in [-0.39, 0.29) is 0 Å². The summed E-state index contributed by atoms with van der Waals surface area (Å²) in [6.07, 6.45) is 0.844. The minimum Gasteiger partial charge on any atom is -0.478 e. The molecule has 2 N–H and O–H groups in total. The molecule has 0 atom stereocenters. The van der Waals surface area contributed by atoms with Gasteiger partial charge >= 0.3 is 11.7 Å². The van der Waals surface area contributed by atoms with Crippen molar-refractivity contribution in [1.29, 1.82) is 0 Å². The Labute approximate surface area is 116 Å². The Balaban J connectivity index is 2.49. The van der Waals surface area contributed by atoms with Crippen LogP contribution in [0.3, 0.4) is 0 Å². The van der Waals surface area contributed by atoms with Crippen molar-refractivity contribution in [3.63, 3.8) is 0 Å². The molecule has 0 amide bonds. The van der Waals surface area contributed by atoms with Gasteiger partial charge in [-0.15, -0.1) is 0 Å². The predicted molar refractivity (Wildman–Crippen MR) is 67.5 cm³/mol. The maximum absolute atomic E-state index is 13.5. The summed E-state index contributed by atoms with van der Waals surface area (Å²) >= 11 is 0. The Kier molecular flexibility index (Phi) is 3.74. The van der Waals surface area contributed by atoms with E-state index in [0.29, 0.717) is 0 Å². The maximum Gasteiger partial charge on any atom is 0.337 e. The van der Waals surface area contributed by atoms with E-state index in [1.54, 1.807) is 0 Å². The molecule has 0 saturated carbocycles. The molecule has 0 aliphatic heterocycles.